The predicted octanol–water partition coefficient (Wildman–Crippen LogP) is 3.68. The smallest absolute Gasteiger partial charge is 0.0440 e. The molecule has 2 unspecified atom stereocenters. The van der Waals surface area contributed by atoms with Crippen LogP contribution in [0.25, 0.3) is 0 Å². The van der Waals surface area contributed by atoms with Crippen molar-refractivity contribution in [3.63, 3.8) is 0 Å². The zero-order chi connectivity index (χ0) is 12.1. The van der Waals surface area contributed by atoms with Crippen LogP contribution in [0.3, 0.4) is 0 Å². The summed E-state index contributed by atoms with van der Waals surface area (Å²) in [5.74, 6) is 1.31. The van der Waals surface area contributed by atoms with E-state index in [4.69, 9.17) is 11.6 Å². The van der Waals surface area contributed by atoms with E-state index >= 15 is 0 Å². The molecule has 0 saturated heterocycles. The maximum absolute atomic E-state index is 6.24. The Morgan fingerprint density at radius 1 is 1.25 bits per heavy atom. The largest absolute Gasteiger partial charge is 0.319 e. The van der Waals surface area contributed by atoms with Gasteiger partial charge in [0, 0.05) is 5.02 Å². The Bertz CT molecular complexity index is 336. The molecule has 90 valence electrons. The third-order valence-electron chi connectivity index (χ3n) is 3.25. The van der Waals surface area contributed by atoms with E-state index in [0.717, 1.165) is 18.0 Å². The van der Waals surface area contributed by atoms with Gasteiger partial charge >= 0.3 is 0 Å². The zero-order valence-electron chi connectivity index (χ0n) is 10.7. The highest BCUT2D eigenvalue weighted by Gasteiger charge is 2.13. The van der Waals surface area contributed by atoms with E-state index in [1.54, 1.807) is 0 Å². The molecular formula is C14H22ClN. The molecule has 1 rings (SSSR count). The Morgan fingerprint density at radius 2 is 1.94 bits per heavy atom. The van der Waals surface area contributed by atoms with Gasteiger partial charge in [0.15, 0.2) is 0 Å². The fraction of sp³-hybridized carbons (Fsp3) is 0.571. The molecule has 0 saturated carbocycles. The van der Waals surface area contributed by atoms with Crippen LogP contribution in [0.5, 0.6) is 0 Å². The van der Waals surface area contributed by atoms with Gasteiger partial charge < -0.3 is 5.32 Å². The van der Waals surface area contributed by atoms with Crippen LogP contribution in [0.4, 0.5) is 0 Å². The van der Waals surface area contributed by atoms with Crippen molar-refractivity contribution in [3.8, 4) is 0 Å². The van der Waals surface area contributed by atoms with Gasteiger partial charge in [-0.1, -0.05) is 37.6 Å². The molecule has 1 aromatic carbocycles. The molecule has 0 bridgehead atoms. The molecule has 0 heterocycles. The van der Waals surface area contributed by atoms with Gasteiger partial charge in [-0.05, 0) is 56.0 Å². The first-order valence-electron chi connectivity index (χ1n) is 5.94. The van der Waals surface area contributed by atoms with Crippen molar-refractivity contribution in [1.82, 2.24) is 5.32 Å². The summed E-state index contributed by atoms with van der Waals surface area (Å²) in [5, 5.41) is 4.13. The van der Waals surface area contributed by atoms with Crippen molar-refractivity contribution in [2.45, 2.75) is 27.2 Å². The van der Waals surface area contributed by atoms with Crippen molar-refractivity contribution in [3.05, 3.63) is 34.3 Å². The van der Waals surface area contributed by atoms with Gasteiger partial charge in [0.1, 0.15) is 0 Å². The first kappa shape index (κ1) is 13.5. The van der Waals surface area contributed by atoms with Gasteiger partial charge in [-0.3, -0.25) is 0 Å². The van der Waals surface area contributed by atoms with E-state index < -0.39 is 0 Å². The van der Waals surface area contributed by atoms with Crippen molar-refractivity contribution in [1.29, 1.82) is 0 Å². The van der Waals surface area contributed by atoms with Crippen LogP contribution in [0.2, 0.25) is 5.02 Å². The molecule has 1 nitrogen and oxygen atoms in total. The van der Waals surface area contributed by atoms with Gasteiger partial charge in [0.2, 0.25) is 0 Å². The summed E-state index contributed by atoms with van der Waals surface area (Å²) in [6, 6.07) is 6.34. The van der Waals surface area contributed by atoms with E-state index in [0.29, 0.717) is 11.8 Å². The van der Waals surface area contributed by atoms with Crippen molar-refractivity contribution < 1.29 is 0 Å². The van der Waals surface area contributed by atoms with Gasteiger partial charge in [-0.15, -0.1) is 0 Å². The third-order valence-corrected chi connectivity index (χ3v) is 3.60. The highest BCUT2D eigenvalue weighted by Crippen LogP contribution is 2.23. The summed E-state index contributed by atoms with van der Waals surface area (Å²) in [5.41, 5.74) is 2.49. The highest BCUT2D eigenvalue weighted by atomic mass is 35.5. The first-order chi connectivity index (χ1) is 7.54. The van der Waals surface area contributed by atoms with E-state index in [9.17, 15) is 0 Å². The molecule has 2 heteroatoms. The summed E-state index contributed by atoms with van der Waals surface area (Å²) in [4.78, 5) is 0. The number of rotatable bonds is 5. The lowest BCUT2D eigenvalue weighted by atomic mass is 9.89. The second-order valence-electron chi connectivity index (χ2n) is 4.81. The number of hydrogen-bond donors (Lipinski definition) is 1. The van der Waals surface area contributed by atoms with Gasteiger partial charge in [-0.25, -0.2) is 0 Å². The minimum absolute atomic E-state index is 0.646. The summed E-state index contributed by atoms with van der Waals surface area (Å²) in [6.07, 6.45) is 1.06. The summed E-state index contributed by atoms with van der Waals surface area (Å²) in [6.45, 7) is 7.70. The Hall–Kier alpha value is -0.530. The molecule has 16 heavy (non-hydrogen) atoms. The first-order valence-corrected chi connectivity index (χ1v) is 6.32. The molecule has 2 atom stereocenters. The number of nitrogens with one attached hydrogen (secondary N) is 1. The Labute approximate surface area is 104 Å². The predicted molar refractivity (Wildman–Crippen MR) is 72.1 cm³/mol. The summed E-state index contributed by atoms with van der Waals surface area (Å²) < 4.78 is 0. The van der Waals surface area contributed by atoms with E-state index in [1.165, 1.54) is 11.1 Å². The fourth-order valence-corrected chi connectivity index (χ4v) is 2.20. The molecule has 0 aromatic heterocycles. The van der Waals surface area contributed by atoms with Crippen LogP contribution in [-0.2, 0) is 6.42 Å². The maximum Gasteiger partial charge on any atom is 0.0440 e. The Balaban J connectivity index is 2.65. The molecule has 1 N–H and O–H groups in total. The molecule has 0 aliphatic heterocycles. The average molecular weight is 240 g/mol. The maximum atomic E-state index is 6.24. The Morgan fingerprint density at radius 3 is 2.50 bits per heavy atom. The topological polar surface area (TPSA) is 12.0 Å². The molecule has 0 aliphatic carbocycles. The quantitative estimate of drug-likeness (QED) is 0.827. The van der Waals surface area contributed by atoms with Crippen LogP contribution in [0.1, 0.15) is 25.0 Å². The van der Waals surface area contributed by atoms with E-state index in [1.807, 2.05) is 13.1 Å². The minimum atomic E-state index is 0.646. The second kappa shape index (κ2) is 6.27. The SMILES string of the molecule is CNCC(C)C(C)Cc1ccc(C)cc1Cl. The van der Waals surface area contributed by atoms with Crippen LogP contribution in [-0.4, -0.2) is 13.6 Å². The number of halogens is 1. The summed E-state index contributed by atoms with van der Waals surface area (Å²) in [7, 11) is 2.00. The second-order valence-corrected chi connectivity index (χ2v) is 5.22. The van der Waals surface area contributed by atoms with Crippen molar-refractivity contribution >= 4 is 11.6 Å². The molecule has 0 fully saturated rings. The van der Waals surface area contributed by atoms with Gasteiger partial charge in [0.05, 0.1) is 0 Å². The molecule has 1 aromatic rings. The molecule has 0 aliphatic rings. The van der Waals surface area contributed by atoms with Crippen molar-refractivity contribution in [2.24, 2.45) is 11.8 Å². The third kappa shape index (κ3) is 3.80. The molecule has 0 spiro atoms. The summed E-state index contributed by atoms with van der Waals surface area (Å²) >= 11 is 6.24. The normalized spacial score (nSPS) is 14.8. The number of aryl methyl sites for hydroxylation is 1. The molecule has 0 radical (unpaired) electrons. The lowest BCUT2D eigenvalue weighted by Gasteiger charge is -2.20. The molecule has 0 amide bonds. The van der Waals surface area contributed by atoms with Crippen LogP contribution < -0.4 is 5.32 Å². The van der Waals surface area contributed by atoms with Crippen LogP contribution >= 0.6 is 11.6 Å². The van der Waals surface area contributed by atoms with Gasteiger partial charge in [-0.2, -0.15) is 0 Å². The lowest BCUT2D eigenvalue weighted by molar-refractivity contribution is 0.374. The van der Waals surface area contributed by atoms with Crippen LogP contribution in [0.15, 0.2) is 18.2 Å². The fourth-order valence-electron chi connectivity index (χ4n) is 1.89. The minimum Gasteiger partial charge on any atom is -0.319 e. The Kier molecular flexibility index (Phi) is 5.30. The lowest BCUT2D eigenvalue weighted by Crippen LogP contribution is -2.23. The average Bonchev–Trinajstić information content (AvgIpc) is 2.22. The number of benzene rings is 1. The standard InChI is InChI=1S/C14H22ClN/c1-10-5-6-13(14(15)7-10)8-11(2)12(3)9-16-4/h5-7,11-12,16H,8-9H2,1-4H3. The van der Waals surface area contributed by atoms with Crippen LogP contribution in [0, 0.1) is 18.8 Å². The highest BCUT2D eigenvalue weighted by molar-refractivity contribution is 6.31. The van der Waals surface area contributed by atoms with E-state index in [2.05, 4.69) is 38.2 Å². The zero-order valence-corrected chi connectivity index (χ0v) is 11.4. The monoisotopic (exact) mass is 239 g/mol. The van der Waals surface area contributed by atoms with Crippen molar-refractivity contribution in [2.75, 3.05) is 13.6 Å². The molecular weight excluding hydrogens is 218 g/mol. The number of hydrogen-bond acceptors (Lipinski definition) is 1. The van der Waals surface area contributed by atoms with Gasteiger partial charge in [0.25, 0.3) is 0 Å². The van der Waals surface area contributed by atoms with E-state index in [-0.39, 0.29) is 0 Å².